The third kappa shape index (κ3) is 3.88. The molecule has 0 bridgehead atoms. The van der Waals surface area contributed by atoms with Gasteiger partial charge in [0.15, 0.2) is 0 Å². The number of amides is 1. The normalized spacial score (nSPS) is 16.1. The number of anilines is 1. The van der Waals surface area contributed by atoms with Crippen LogP contribution in [0.1, 0.15) is 22.5 Å². The van der Waals surface area contributed by atoms with E-state index in [-0.39, 0.29) is 17.2 Å². The van der Waals surface area contributed by atoms with Gasteiger partial charge >= 0.3 is 0 Å². The van der Waals surface area contributed by atoms with E-state index in [9.17, 15) is 4.79 Å². The molecule has 4 rings (SSSR count). The number of para-hydroxylation sites is 1. The van der Waals surface area contributed by atoms with Crippen LogP contribution in [0.2, 0.25) is 5.15 Å². The van der Waals surface area contributed by atoms with E-state index in [0.717, 1.165) is 24.5 Å². The first-order valence-electron chi connectivity index (χ1n) is 9.08. The van der Waals surface area contributed by atoms with Gasteiger partial charge in [0.05, 0.1) is 24.6 Å². The molecule has 0 aliphatic carbocycles. The van der Waals surface area contributed by atoms with Gasteiger partial charge in [0.2, 0.25) is 0 Å². The monoisotopic (exact) mass is 397 g/mol. The number of nitrogens with zero attached hydrogens (tertiary/aromatic N) is 2. The molecule has 0 radical (unpaired) electrons. The Balaban J connectivity index is 1.48. The highest BCUT2D eigenvalue weighted by Crippen LogP contribution is 2.25. The average molecular weight is 398 g/mol. The van der Waals surface area contributed by atoms with Crippen molar-refractivity contribution in [2.75, 3.05) is 18.5 Å². The van der Waals surface area contributed by atoms with Crippen molar-refractivity contribution in [3.8, 4) is 11.4 Å². The second-order valence-corrected chi connectivity index (χ2v) is 6.94. The van der Waals surface area contributed by atoms with Crippen LogP contribution in [-0.4, -0.2) is 35.0 Å². The summed E-state index contributed by atoms with van der Waals surface area (Å²) in [7, 11) is 0. The molecular formula is C21H20ClN3O3. The molecule has 1 fully saturated rings. The molecule has 3 aromatic rings. The van der Waals surface area contributed by atoms with Gasteiger partial charge in [-0.2, -0.15) is 5.10 Å². The predicted octanol–water partition coefficient (Wildman–Crippen LogP) is 4.25. The zero-order valence-electron chi connectivity index (χ0n) is 15.4. The van der Waals surface area contributed by atoms with Crippen LogP contribution in [0.5, 0.6) is 5.75 Å². The Hall–Kier alpha value is -2.83. The number of nitrogens with one attached hydrogen (secondary N) is 1. The quantitative estimate of drug-likeness (QED) is 0.698. The molecule has 1 aliphatic rings. The van der Waals surface area contributed by atoms with Gasteiger partial charge in [-0.05, 0) is 43.3 Å². The van der Waals surface area contributed by atoms with Crippen LogP contribution in [0, 0.1) is 6.92 Å². The van der Waals surface area contributed by atoms with E-state index in [1.807, 2.05) is 42.5 Å². The lowest BCUT2D eigenvalue weighted by molar-refractivity contribution is 0.102. The zero-order chi connectivity index (χ0) is 19.5. The molecule has 0 unspecified atom stereocenters. The SMILES string of the molecule is Cc1nn(-c2ccccc2)c(Cl)c1C(=O)Nc1ccc(O[C@H]2CCOC2)cc1. The maximum atomic E-state index is 12.8. The van der Waals surface area contributed by atoms with Crippen molar-refractivity contribution in [3.05, 3.63) is 71.0 Å². The molecule has 1 N–H and O–H groups in total. The summed E-state index contributed by atoms with van der Waals surface area (Å²) in [5.41, 5.74) is 2.37. The van der Waals surface area contributed by atoms with Gasteiger partial charge in [-0.1, -0.05) is 29.8 Å². The number of rotatable bonds is 5. The smallest absolute Gasteiger partial charge is 0.260 e. The van der Waals surface area contributed by atoms with Crippen molar-refractivity contribution in [2.24, 2.45) is 0 Å². The van der Waals surface area contributed by atoms with Crippen LogP contribution in [0.3, 0.4) is 0 Å². The number of ether oxygens (including phenoxy) is 2. The molecule has 1 saturated heterocycles. The largest absolute Gasteiger partial charge is 0.488 e. The van der Waals surface area contributed by atoms with Crippen LogP contribution in [0.25, 0.3) is 5.69 Å². The average Bonchev–Trinajstić information content (AvgIpc) is 3.31. The van der Waals surface area contributed by atoms with Gasteiger partial charge in [0, 0.05) is 12.1 Å². The van der Waals surface area contributed by atoms with Gasteiger partial charge < -0.3 is 14.8 Å². The maximum absolute atomic E-state index is 12.8. The molecule has 6 nitrogen and oxygen atoms in total. The lowest BCUT2D eigenvalue weighted by Crippen LogP contribution is -2.16. The Labute approximate surface area is 168 Å². The molecule has 144 valence electrons. The van der Waals surface area contributed by atoms with Crippen molar-refractivity contribution in [1.82, 2.24) is 9.78 Å². The molecular weight excluding hydrogens is 378 g/mol. The minimum absolute atomic E-state index is 0.0886. The second-order valence-electron chi connectivity index (χ2n) is 6.58. The van der Waals surface area contributed by atoms with Crippen LogP contribution >= 0.6 is 11.6 Å². The predicted molar refractivity (Wildman–Crippen MR) is 108 cm³/mol. The van der Waals surface area contributed by atoms with Crippen LogP contribution in [-0.2, 0) is 4.74 Å². The summed E-state index contributed by atoms with van der Waals surface area (Å²) in [6.07, 6.45) is 0.979. The van der Waals surface area contributed by atoms with Crippen molar-refractivity contribution in [2.45, 2.75) is 19.4 Å². The van der Waals surface area contributed by atoms with E-state index in [0.29, 0.717) is 23.6 Å². The van der Waals surface area contributed by atoms with Gasteiger partial charge in [0.1, 0.15) is 22.6 Å². The van der Waals surface area contributed by atoms with Gasteiger partial charge in [-0.3, -0.25) is 4.79 Å². The van der Waals surface area contributed by atoms with Crippen LogP contribution < -0.4 is 10.1 Å². The summed E-state index contributed by atoms with van der Waals surface area (Å²) in [5.74, 6) is 0.446. The van der Waals surface area contributed by atoms with Crippen molar-refractivity contribution in [3.63, 3.8) is 0 Å². The van der Waals surface area contributed by atoms with Gasteiger partial charge in [-0.25, -0.2) is 4.68 Å². The number of carbonyl (C=O) groups excluding carboxylic acids is 1. The number of carbonyl (C=O) groups is 1. The third-order valence-corrected chi connectivity index (χ3v) is 4.88. The number of halogens is 1. The van der Waals surface area contributed by atoms with E-state index in [2.05, 4.69) is 10.4 Å². The summed E-state index contributed by atoms with van der Waals surface area (Å²) >= 11 is 6.45. The Morgan fingerprint density at radius 2 is 1.96 bits per heavy atom. The Bertz CT molecular complexity index is 965. The lowest BCUT2D eigenvalue weighted by atomic mass is 10.2. The number of hydrogen-bond acceptors (Lipinski definition) is 4. The molecule has 1 aromatic heterocycles. The van der Waals surface area contributed by atoms with E-state index in [1.165, 1.54) is 0 Å². The summed E-state index contributed by atoms with van der Waals surface area (Å²) in [6.45, 7) is 3.11. The first-order valence-corrected chi connectivity index (χ1v) is 9.46. The number of hydrogen-bond donors (Lipinski definition) is 1. The molecule has 2 heterocycles. The van der Waals surface area contributed by atoms with E-state index < -0.39 is 0 Å². The van der Waals surface area contributed by atoms with Crippen molar-refractivity contribution < 1.29 is 14.3 Å². The topological polar surface area (TPSA) is 65.4 Å². The fourth-order valence-corrected chi connectivity index (χ4v) is 3.46. The highest BCUT2D eigenvalue weighted by molar-refractivity contribution is 6.34. The standard InChI is InChI=1S/C21H20ClN3O3/c1-14-19(20(22)25(24-14)16-5-3-2-4-6-16)21(26)23-15-7-9-17(10-8-15)28-18-11-12-27-13-18/h2-10,18H,11-13H2,1H3,(H,23,26)/t18-/m0/s1. The summed E-state index contributed by atoms with van der Waals surface area (Å²) in [4.78, 5) is 12.8. The second kappa shape index (κ2) is 8.04. The molecule has 1 atom stereocenters. The van der Waals surface area contributed by atoms with Crippen molar-refractivity contribution in [1.29, 1.82) is 0 Å². The Kier molecular flexibility index (Phi) is 5.32. The molecule has 0 spiro atoms. The molecule has 28 heavy (non-hydrogen) atoms. The fourth-order valence-electron chi connectivity index (χ4n) is 3.11. The summed E-state index contributed by atoms with van der Waals surface area (Å²) in [6, 6.07) is 16.7. The van der Waals surface area contributed by atoms with E-state index in [4.69, 9.17) is 21.1 Å². The van der Waals surface area contributed by atoms with Gasteiger partial charge in [-0.15, -0.1) is 0 Å². The number of aromatic nitrogens is 2. The third-order valence-electron chi connectivity index (χ3n) is 4.53. The molecule has 1 aliphatic heterocycles. The van der Waals surface area contributed by atoms with E-state index in [1.54, 1.807) is 23.7 Å². The lowest BCUT2D eigenvalue weighted by Gasteiger charge is -2.12. The first-order chi connectivity index (χ1) is 13.6. The van der Waals surface area contributed by atoms with Crippen LogP contribution in [0.4, 0.5) is 5.69 Å². The minimum Gasteiger partial charge on any atom is -0.488 e. The maximum Gasteiger partial charge on any atom is 0.260 e. The first kappa shape index (κ1) is 18.5. The molecule has 2 aromatic carbocycles. The number of aryl methyl sites for hydroxylation is 1. The Morgan fingerprint density at radius 1 is 1.21 bits per heavy atom. The van der Waals surface area contributed by atoms with Crippen LogP contribution in [0.15, 0.2) is 54.6 Å². The molecule has 7 heteroatoms. The zero-order valence-corrected chi connectivity index (χ0v) is 16.1. The fraction of sp³-hybridized carbons (Fsp3) is 0.238. The summed E-state index contributed by atoms with van der Waals surface area (Å²) in [5, 5.41) is 7.56. The van der Waals surface area contributed by atoms with E-state index >= 15 is 0 Å². The highest BCUT2D eigenvalue weighted by atomic mass is 35.5. The molecule has 1 amide bonds. The highest BCUT2D eigenvalue weighted by Gasteiger charge is 2.21. The van der Waals surface area contributed by atoms with Gasteiger partial charge in [0.25, 0.3) is 5.91 Å². The molecule has 0 saturated carbocycles. The summed E-state index contributed by atoms with van der Waals surface area (Å²) < 4.78 is 12.7. The number of benzene rings is 2. The Morgan fingerprint density at radius 3 is 2.64 bits per heavy atom. The van der Waals surface area contributed by atoms with Crippen molar-refractivity contribution >= 4 is 23.2 Å². The minimum atomic E-state index is -0.303.